The number of nitrogens with one attached hydrogen (secondary N) is 3. The van der Waals surface area contributed by atoms with Crippen LogP contribution in [0.3, 0.4) is 0 Å². The molecule has 0 unspecified atom stereocenters. The van der Waals surface area contributed by atoms with Crippen LogP contribution in [-0.4, -0.2) is 38.6 Å². The van der Waals surface area contributed by atoms with E-state index in [4.69, 9.17) is 4.74 Å². The van der Waals surface area contributed by atoms with Crippen molar-refractivity contribution in [2.45, 2.75) is 27.2 Å². The molecule has 1 aromatic carbocycles. The quantitative estimate of drug-likeness (QED) is 0.390. The Kier molecular flexibility index (Phi) is 8.57. The summed E-state index contributed by atoms with van der Waals surface area (Å²) >= 11 is 0. The highest BCUT2D eigenvalue weighted by molar-refractivity contribution is 5.88. The van der Waals surface area contributed by atoms with Gasteiger partial charge in [0.1, 0.15) is 12.4 Å². The molecule has 1 amide bonds. The Morgan fingerprint density at radius 3 is 2.65 bits per heavy atom. The minimum absolute atomic E-state index is 0.0971. The van der Waals surface area contributed by atoms with Crippen LogP contribution >= 0.6 is 0 Å². The lowest BCUT2D eigenvalue weighted by molar-refractivity contribution is -0.114. The second kappa shape index (κ2) is 10.5. The first-order valence-corrected chi connectivity index (χ1v) is 7.96. The van der Waals surface area contributed by atoms with Gasteiger partial charge in [0.15, 0.2) is 5.96 Å². The highest BCUT2D eigenvalue weighted by atomic mass is 16.5. The van der Waals surface area contributed by atoms with E-state index in [-0.39, 0.29) is 5.91 Å². The SMILES string of the molecule is CN=C(NCCOc1cccc(NC(C)=O)c1)NCCC(C)C. The third kappa shape index (κ3) is 8.70. The van der Waals surface area contributed by atoms with Gasteiger partial charge < -0.3 is 20.7 Å². The lowest BCUT2D eigenvalue weighted by atomic mass is 10.1. The van der Waals surface area contributed by atoms with Crippen molar-refractivity contribution in [2.75, 3.05) is 32.1 Å². The van der Waals surface area contributed by atoms with Gasteiger partial charge in [-0.2, -0.15) is 0 Å². The maximum atomic E-state index is 11.0. The van der Waals surface area contributed by atoms with Gasteiger partial charge in [-0.25, -0.2) is 0 Å². The summed E-state index contributed by atoms with van der Waals surface area (Å²) in [6.45, 7) is 7.92. The zero-order valence-corrected chi connectivity index (χ0v) is 14.5. The molecule has 3 N–H and O–H groups in total. The molecule has 0 heterocycles. The monoisotopic (exact) mass is 320 g/mol. The van der Waals surface area contributed by atoms with Crippen LogP contribution in [0.5, 0.6) is 5.75 Å². The molecule has 0 saturated carbocycles. The number of hydrogen-bond donors (Lipinski definition) is 3. The van der Waals surface area contributed by atoms with Crippen molar-refractivity contribution in [3.63, 3.8) is 0 Å². The van der Waals surface area contributed by atoms with Gasteiger partial charge in [0.2, 0.25) is 5.91 Å². The maximum Gasteiger partial charge on any atom is 0.221 e. The number of rotatable bonds is 8. The number of ether oxygens (including phenoxy) is 1. The molecule has 6 nitrogen and oxygen atoms in total. The standard InChI is InChI=1S/C17H28N4O2/c1-13(2)8-9-19-17(18-4)20-10-11-23-16-7-5-6-15(12-16)21-14(3)22/h5-7,12-13H,8-11H2,1-4H3,(H,21,22)(H2,18,19,20). The number of aliphatic imine (C=N–C) groups is 1. The van der Waals surface area contributed by atoms with E-state index in [1.807, 2.05) is 18.2 Å². The molecule has 1 aromatic rings. The molecule has 0 aromatic heterocycles. The van der Waals surface area contributed by atoms with Crippen LogP contribution in [0, 0.1) is 5.92 Å². The number of hydrogen-bond acceptors (Lipinski definition) is 3. The first-order valence-electron chi connectivity index (χ1n) is 7.96. The van der Waals surface area contributed by atoms with Gasteiger partial charge in [-0.1, -0.05) is 19.9 Å². The van der Waals surface area contributed by atoms with E-state index in [1.165, 1.54) is 6.92 Å². The molecule has 23 heavy (non-hydrogen) atoms. The van der Waals surface area contributed by atoms with Crippen LogP contribution in [0.1, 0.15) is 27.2 Å². The highest BCUT2D eigenvalue weighted by Crippen LogP contribution is 2.16. The van der Waals surface area contributed by atoms with Gasteiger partial charge in [0.25, 0.3) is 0 Å². The van der Waals surface area contributed by atoms with E-state index < -0.39 is 0 Å². The molecule has 0 saturated heterocycles. The zero-order valence-electron chi connectivity index (χ0n) is 14.5. The van der Waals surface area contributed by atoms with Gasteiger partial charge >= 0.3 is 0 Å². The molecule has 0 spiro atoms. The molecular formula is C17H28N4O2. The smallest absolute Gasteiger partial charge is 0.221 e. The second-order valence-electron chi connectivity index (χ2n) is 5.67. The molecular weight excluding hydrogens is 292 g/mol. The van der Waals surface area contributed by atoms with Crippen LogP contribution < -0.4 is 20.7 Å². The average molecular weight is 320 g/mol. The normalized spacial score (nSPS) is 11.3. The van der Waals surface area contributed by atoms with Crippen LogP contribution in [0.4, 0.5) is 5.69 Å². The predicted octanol–water partition coefficient (Wildman–Crippen LogP) is 2.23. The van der Waals surface area contributed by atoms with E-state index >= 15 is 0 Å². The minimum atomic E-state index is -0.0971. The maximum absolute atomic E-state index is 11.0. The molecule has 0 atom stereocenters. The summed E-state index contributed by atoms with van der Waals surface area (Å²) in [6, 6.07) is 7.34. The first kappa shape index (κ1) is 18.8. The molecule has 128 valence electrons. The lowest BCUT2D eigenvalue weighted by Gasteiger charge is -2.13. The van der Waals surface area contributed by atoms with Crippen molar-refractivity contribution < 1.29 is 9.53 Å². The van der Waals surface area contributed by atoms with E-state index in [0.29, 0.717) is 19.1 Å². The zero-order chi connectivity index (χ0) is 17.1. The molecule has 0 radical (unpaired) electrons. The fourth-order valence-corrected chi connectivity index (χ4v) is 1.91. The largest absolute Gasteiger partial charge is 0.492 e. The third-order valence-corrected chi connectivity index (χ3v) is 3.06. The Morgan fingerprint density at radius 2 is 2.00 bits per heavy atom. The summed E-state index contributed by atoms with van der Waals surface area (Å²) in [7, 11) is 1.75. The molecule has 0 aliphatic carbocycles. The fraction of sp³-hybridized carbons (Fsp3) is 0.529. The summed E-state index contributed by atoms with van der Waals surface area (Å²) in [5.41, 5.74) is 0.731. The van der Waals surface area contributed by atoms with Gasteiger partial charge in [-0.15, -0.1) is 0 Å². The summed E-state index contributed by atoms with van der Waals surface area (Å²) < 4.78 is 5.67. The number of amides is 1. The van der Waals surface area contributed by atoms with E-state index in [1.54, 1.807) is 13.1 Å². The molecule has 6 heteroatoms. The van der Waals surface area contributed by atoms with Crippen molar-refractivity contribution in [3.05, 3.63) is 24.3 Å². The number of guanidine groups is 1. The molecule has 0 fully saturated rings. The van der Waals surface area contributed by atoms with Crippen molar-refractivity contribution in [3.8, 4) is 5.75 Å². The van der Waals surface area contributed by atoms with Gasteiger partial charge in [-0.05, 0) is 24.5 Å². The number of benzene rings is 1. The van der Waals surface area contributed by atoms with E-state index in [2.05, 4.69) is 34.8 Å². The first-order chi connectivity index (χ1) is 11.0. The summed E-state index contributed by atoms with van der Waals surface area (Å²) in [5.74, 6) is 2.07. The number of carbonyl (C=O) groups is 1. The van der Waals surface area contributed by atoms with Crippen LogP contribution in [-0.2, 0) is 4.79 Å². The summed E-state index contributed by atoms with van der Waals surface area (Å²) in [5, 5.41) is 9.20. The van der Waals surface area contributed by atoms with Gasteiger partial charge in [0.05, 0.1) is 6.54 Å². The van der Waals surface area contributed by atoms with Crippen molar-refractivity contribution in [1.82, 2.24) is 10.6 Å². The Bertz CT molecular complexity index is 515. The Hall–Kier alpha value is -2.24. The van der Waals surface area contributed by atoms with Crippen molar-refractivity contribution in [1.29, 1.82) is 0 Å². The van der Waals surface area contributed by atoms with E-state index in [0.717, 1.165) is 30.4 Å². The fourth-order valence-electron chi connectivity index (χ4n) is 1.91. The Balaban J connectivity index is 2.29. The number of nitrogens with zero attached hydrogens (tertiary/aromatic N) is 1. The van der Waals surface area contributed by atoms with Crippen LogP contribution in [0.25, 0.3) is 0 Å². The molecule has 1 rings (SSSR count). The Labute approximate surface area is 138 Å². The van der Waals surface area contributed by atoms with Crippen LogP contribution in [0.15, 0.2) is 29.3 Å². The van der Waals surface area contributed by atoms with Crippen molar-refractivity contribution >= 4 is 17.6 Å². The number of carbonyl (C=O) groups excluding carboxylic acids is 1. The highest BCUT2D eigenvalue weighted by Gasteiger charge is 2.00. The minimum Gasteiger partial charge on any atom is -0.492 e. The predicted molar refractivity (Wildman–Crippen MR) is 95.1 cm³/mol. The van der Waals surface area contributed by atoms with Gasteiger partial charge in [0, 0.05) is 32.3 Å². The molecule has 0 aliphatic heterocycles. The molecule has 0 aliphatic rings. The lowest BCUT2D eigenvalue weighted by Crippen LogP contribution is -2.39. The van der Waals surface area contributed by atoms with Crippen LogP contribution in [0.2, 0.25) is 0 Å². The third-order valence-electron chi connectivity index (χ3n) is 3.06. The molecule has 0 bridgehead atoms. The Morgan fingerprint density at radius 1 is 1.26 bits per heavy atom. The van der Waals surface area contributed by atoms with E-state index in [9.17, 15) is 4.79 Å². The summed E-state index contributed by atoms with van der Waals surface area (Å²) in [4.78, 5) is 15.2. The summed E-state index contributed by atoms with van der Waals surface area (Å²) in [6.07, 6.45) is 1.10. The second-order valence-corrected chi connectivity index (χ2v) is 5.67. The topological polar surface area (TPSA) is 74.8 Å². The van der Waals surface area contributed by atoms with Crippen molar-refractivity contribution in [2.24, 2.45) is 10.9 Å². The number of anilines is 1. The van der Waals surface area contributed by atoms with Gasteiger partial charge in [-0.3, -0.25) is 9.79 Å². The average Bonchev–Trinajstić information content (AvgIpc) is 2.49.